The van der Waals surface area contributed by atoms with E-state index in [-0.39, 0.29) is 11.9 Å². The van der Waals surface area contributed by atoms with Crippen molar-refractivity contribution in [2.24, 2.45) is 0 Å². The second kappa shape index (κ2) is 4.42. The van der Waals surface area contributed by atoms with Crippen LogP contribution in [0.3, 0.4) is 0 Å². The van der Waals surface area contributed by atoms with Gasteiger partial charge in [-0.05, 0) is 47.2 Å². The molecule has 2 aromatic rings. The smallest absolute Gasteiger partial charge is 0.220 e. The van der Waals surface area contributed by atoms with Crippen LogP contribution in [-0.4, -0.2) is 22.0 Å². The van der Waals surface area contributed by atoms with Crippen LogP contribution in [-0.2, 0) is 4.79 Å². The van der Waals surface area contributed by atoms with Gasteiger partial charge in [-0.3, -0.25) is 4.79 Å². The Morgan fingerprint density at radius 3 is 3.06 bits per heavy atom. The topological polar surface area (TPSA) is 72.9 Å². The molecule has 1 aromatic carbocycles. The molecule has 3 rings (SSSR count). The number of nitrogens with zero attached hydrogens (tertiary/aromatic N) is 2. The molecular formula is C12H13IN4O. The monoisotopic (exact) mass is 356 g/mol. The lowest BCUT2D eigenvalue weighted by molar-refractivity contribution is -0.122. The van der Waals surface area contributed by atoms with Crippen molar-refractivity contribution >= 4 is 45.5 Å². The maximum Gasteiger partial charge on any atom is 0.220 e. The van der Waals surface area contributed by atoms with Crippen molar-refractivity contribution in [2.75, 3.05) is 12.3 Å². The molecule has 3 N–H and O–H groups in total. The molecule has 1 aliphatic rings. The Hall–Kier alpha value is -1.31. The van der Waals surface area contributed by atoms with Crippen molar-refractivity contribution in [3.8, 4) is 0 Å². The molecule has 1 amide bonds. The molecule has 0 aliphatic carbocycles. The van der Waals surface area contributed by atoms with Gasteiger partial charge in [-0.15, -0.1) is 0 Å². The van der Waals surface area contributed by atoms with E-state index in [4.69, 9.17) is 5.73 Å². The SMILES string of the molecule is Nc1nc2cc(I)ccc2n1C1CCC(=O)NC1. The van der Waals surface area contributed by atoms with Gasteiger partial charge in [-0.1, -0.05) is 0 Å². The fourth-order valence-electron chi connectivity index (χ4n) is 2.41. The molecule has 1 fully saturated rings. The van der Waals surface area contributed by atoms with Gasteiger partial charge in [-0.25, -0.2) is 4.98 Å². The van der Waals surface area contributed by atoms with Crippen LogP contribution >= 0.6 is 22.6 Å². The third-order valence-electron chi connectivity index (χ3n) is 3.28. The summed E-state index contributed by atoms with van der Waals surface area (Å²) in [5.74, 6) is 0.636. The highest BCUT2D eigenvalue weighted by Crippen LogP contribution is 2.27. The Morgan fingerprint density at radius 2 is 2.33 bits per heavy atom. The molecular weight excluding hydrogens is 343 g/mol. The molecule has 6 heteroatoms. The first-order chi connectivity index (χ1) is 8.65. The van der Waals surface area contributed by atoms with Crippen molar-refractivity contribution in [1.82, 2.24) is 14.9 Å². The van der Waals surface area contributed by atoms with Crippen molar-refractivity contribution in [2.45, 2.75) is 18.9 Å². The van der Waals surface area contributed by atoms with E-state index >= 15 is 0 Å². The lowest BCUT2D eigenvalue weighted by Gasteiger charge is -2.25. The number of benzene rings is 1. The second-order valence-corrected chi connectivity index (χ2v) is 5.72. The minimum absolute atomic E-state index is 0.115. The third-order valence-corrected chi connectivity index (χ3v) is 3.95. The summed E-state index contributed by atoms with van der Waals surface area (Å²) < 4.78 is 3.17. The molecule has 94 valence electrons. The highest BCUT2D eigenvalue weighted by Gasteiger charge is 2.23. The number of nitrogens with two attached hydrogens (primary N) is 1. The normalized spacial score (nSPS) is 20.1. The molecule has 5 nitrogen and oxygen atoms in total. The van der Waals surface area contributed by atoms with Gasteiger partial charge in [0.1, 0.15) is 0 Å². The Labute approximate surface area is 118 Å². The average Bonchev–Trinajstić information content (AvgIpc) is 2.65. The van der Waals surface area contributed by atoms with Crippen molar-refractivity contribution in [3.63, 3.8) is 0 Å². The number of nitrogens with one attached hydrogen (secondary N) is 1. The second-order valence-electron chi connectivity index (χ2n) is 4.47. The first kappa shape index (κ1) is 11.8. The summed E-state index contributed by atoms with van der Waals surface area (Å²) in [5.41, 5.74) is 7.96. The Kier molecular flexibility index (Phi) is 2.89. The van der Waals surface area contributed by atoms with Crippen molar-refractivity contribution in [1.29, 1.82) is 0 Å². The van der Waals surface area contributed by atoms with Crippen LogP contribution in [0.2, 0.25) is 0 Å². The van der Waals surface area contributed by atoms with Crippen molar-refractivity contribution in [3.05, 3.63) is 21.8 Å². The van der Waals surface area contributed by atoms with Crippen LogP contribution in [0.25, 0.3) is 11.0 Å². The number of hydrogen-bond donors (Lipinski definition) is 2. The number of nitrogen functional groups attached to an aromatic ring is 1. The lowest BCUT2D eigenvalue weighted by atomic mass is 10.1. The van der Waals surface area contributed by atoms with Crippen LogP contribution in [0.5, 0.6) is 0 Å². The van der Waals surface area contributed by atoms with E-state index in [0.717, 1.165) is 21.0 Å². The molecule has 0 saturated carbocycles. The quantitative estimate of drug-likeness (QED) is 0.764. The summed E-state index contributed by atoms with van der Waals surface area (Å²) in [5, 5.41) is 2.88. The molecule has 2 heterocycles. The van der Waals surface area contributed by atoms with Crippen molar-refractivity contribution < 1.29 is 4.79 Å². The van der Waals surface area contributed by atoms with Crippen LogP contribution < -0.4 is 11.1 Å². The molecule has 1 aliphatic heterocycles. The zero-order chi connectivity index (χ0) is 12.7. The van der Waals surface area contributed by atoms with Crippen LogP contribution in [0.1, 0.15) is 18.9 Å². The van der Waals surface area contributed by atoms with E-state index in [1.54, 1.807) is 0 Å². The van der Waals surface area contributed by atoms with E-state index in [1.807, 2.05) is 22.8 Å². The van der Waals surface area contributed by atoms with Gasteiger partial charge in [0, 0.05) is 16.5 Å². The zero-order valence-corrected chi connectivity index (χ0v) is 11.8. The predicted octanol–water partition coefficient (Wildman–Crippen LogP) is 1.67. The number of imidazole rings is 1. The summed E-state index contributed by atoms with van der Waals surface area (Å²) in [6.45, 7) is 0.625. The Morgan fingerprint density at radius 1 is 1.50 bits per heavy atom. The number of carbonyl (C=O) groups excluding carboxylic acids is 1. The predicted molar refractivity (Wildman–Crippen MR) is 78.1 cm³/mol. The number of halogens is 1. The summed E-state index contributed by atoms with van der Waals surface area (Å²) in [4.78, 5) is 15.6. The number of anilines is 1. The summed E-state index contributed by atoms with van der Waals surface area (Å²) in [6.07, 6.45) is 1.36. The van der Waals surface area contributed by atoms with Gasteiger partial charge in [-0.2, -0.15) is 0 Å². The molecule has 0 radical (unpaired) electrons. The minimum atomic E-state index is 0.115. The average molecular weight is 356 g/mol. The highest BCUT2D eigenvalue weighted by atomic mass is 127. The van der Waals surface area contributed by atoms with Crippen LogP contribution in [0, 0.1) is 3.57 Å². The largest absolute Gasteiger partial charge is 0.369 e. The van der Waals surface area contributed by atoms with Crippen LogP contribution in [0.15, 0.2) is 18.2 Å². The molecule has 0 bridgehead atoms. The Balaban J connectivity index is 2.05. The van der Waals surface area contributed by atoms with E-state index in [0.29, 0.717) is 18.9 Å². The molecule has 1 saturated heterocycles. The van der Waals surface area contributed by atoms with Gasteiger partial charge in [0.2, 0.25) is 11.9 Å². The van der Waals surface area contributed by atoms with Gasteiger partial charge < -0.3 is 15.6 Å². The number of fused-ring (bicyclic) bond motifs is 1. The third kappa shape index (κ3) is 1.94. The van der Waals surface area contributed by atoms with Gasteiger partial charge >= 0.3 is 0 Å². The zero-order valence-electron chi connectivity index (χ0n) is 9.69. The standard InChI is InChI=1S/C12H13IN4O/c13-7-1-3-10-9(5-7)16-12(14)17(10)8-2-4-11(18)15-6-8/h1,3,5,8H,2,4,6H2,(H2,14,16)(H,15,18). The van der Waals surface area contributed by atoms with E-state index in [9.17, 15) is 4.79 Å². The molecule has 1 unspecified atom stereocenters. The number of piperidine rings is 1. The summed E-state index contributed by atoms with van der Waals surface area (Å²) in [6, 6.07) is 6.30. The number of aromatic nitrogens is 2. The molecule has 1 atom stereocenters. The number of hydrogen-bond acceptors (Lipinski definition) is 3. The molecule has 18 heavy (non-hydrogen) atoms. The van der Waals surface area contributed by atoms with E-state index in [1.165, 1.54) is 0 Å². The van der Waals surface area contributed by atoms with Gasteiger partial charge in [0.25, 0.3) is 0 Å². The Bertz CT molecular complexity index is 612. The maximum absolute atomic E-state index is 11.2. The minimum Gasteiger partial charge on any atom is -0.369 e. The molecule has 1 aromatic heterocycles. The van der Waals surface area contributed by atoms with Gasteiger partial charge in [0.15, 0.2) is 0 Å². The fourth-order valence-corrected chi connectivity index (χ4v) is 2.89. The van der Waals surface area contributed by atoms with Crippen LogP contribution in [0.4, 0.5) is 5.95 Å². The number of carbonyl (C=O) groups is 1. The number of rotatable bonds is 1. The fraction of sp³-hybridized carbons (Fsp3) is 0.333. The van der Waals surface area contributed by atoms with E-state index < -0.39 is 0 Å². The summed E-state index contributed by atoms with van der Waals surface area (Å²) in [7, 11) is 0. The first-order valence-electron chi connectivity index (χ1n) is 5.85. The number of amides is 1. The lowest BCUT2D eigenvalue weighted by Crippen LogP contribution is -2.36. The van der Waals surface area contributed by atoms with E-state index in [2.05, 4.69) is 32.9 Å². The highest BCUT2D eigenvalue weighted by molar-refractivity contribution is 14.1. The summed E-state index contributed by atoms with van der Waals surface area (Å²) >= 11 is 2.26. The molecule has 0 spiro atoms. The first-order valence-corrected chi connectivity index (χ1v) is 6.92. The van der Waals surface area contributed by atoms with Gasteiger partial charge in [0.05, 0.1) is 17.1 Å². The maximum atomic E-state index is 11.2.